The molecule has 2 aliphatic heterocycles. The molecule has 22 heavy (non-hydrogen) atoms. The fraction of sp³-hybridized carbons (Fsp3) is 0.529. The molecule has 0 bridgehead atoms. The van der Waals surface area contributed by atoms with Crippen molar-refractivity contribution in [3.8, 4) is 11.5 Å². The van der Waals surface area contributed by atoms with Crippen LogP contribution in [0, 0.1) is 11.5 Å². The molecule has 0 aliphatic carbocycles. The first-order valence-corrected chi connectivity index (χ1v) is 10.4. The molecule has 118 valence electrons. The Kier molecular flexibility index (Phi) is 5.29. The summed E-state index contributed by atoms with van der Waals surface area (Å²) in [6.07, 6.45) is 0. The summed E-state index contributed by atoms with van der Waals surface area (Å²) in [5.74, 6) is 3.43. The van der Waals surface area contributed by atoms with Crippen molar-refractivity contribution >= 4 is 8.40 Å². The van der Waals surface area contributed by atoms with E-state index in [1.807, 2.05) is 18.2 Å². The lowest BCUT2D eigenvalue weighted by Gasteiger charge is -2.46. The zero-order chi connectivity index (χ0) is 15.3. The monoisotopic (exact) mass is 316 g/mol. The average Bonchev–Trinajstić information content (AvgIpc) is 2.62. The summed E-state index contributed by atoms with van der Waals surface area (Å²) >= 11 is 0. The van der Waals surface area contributed by atoms with E-state index in [0.717, 1.165) is 58.2 Å². The molecule has 0 spiro atoms. The maximum atomic E-state index is 5.53. The molecule has 2 heterocycles. The van der Waals surface area contributed by atoms with Crippen LogP contribution in [-0.4, -0.2) is 70.1 Å². The smallest absolute Gasteiger partial charge is 0.286 e. The summed E-state index contributed by atoms with van der Waals surface area (Å²) < 4.78 is 16.2. The molecule has 1 aromatic carbocycles. The van der Waals surface area contributed by atoms with Gasteiger partial charge in [0.25, 0.3) is 8.40 Å². The first kappa shape index (κ1) is 15.7. The zero-order valence-corrected chi connectivity index (χ0v) is 14.3. The van der Waals surface area contributed by atoms with Crippen LogP contribution >= 0.6 is 0 Å². The van der Waals surface area contributed by atoms with Crippen LogP contribution in [0.4, 0.5) is 0 Å². The molecular weight excluding hydrogens is 292 g/mol. The molecule has 0 unspecified atom stereocenters. The molecule has 0 atom stereocenters. The minimum absolute atomic E-state index is 0.819. The van der Waals surface area contributed by atoms with Crippen molar-refractivity contribution < 1.29 is 9.47 Å². The molecular formula is C17H24N2O2Si. The molecule has 0 N–H and O–H groups in total. The second-order valence-electron chi connectivity index (χ2n) is 5.84. The lowest BCUT2D eigenvalue weighted by Crippen LogP contribution is -2.67. The minimum atomic E-state index is -1.98. The Labute approximate surface area is 134 Å². The second-order valence-corrected chi connectivity index (χ2v) is 9.39. The highest BCUT2D eigenvalue weighted by atomic mass is 28.3. The van der Waals surface area contributed by atoms with Gasteiger partial charge in [-0.3, -0.25) is 9.13 Å². The third-order valence-corrected chi connectivity index (χ3v) is 8.43. The van der Waals surface area contributed by atoms with Gasteiger partial charge in [0.05, 0.1) is 26.4 Å². The van der Waals surface area contributed by atoms with Gasteiger partial charge in [-0.2, -0.15) is 0 Å². The molecule has 4 nitrogen and oxygen atoms in total. The van der Waals surface area contributed by atoms with E-state index in [-0.39, 0.29) is 0 Å². The quantitative estimate of drug-likeness (QED) is 0.607. The maximum absolute atomic E-state index is 5.53. The molecule has 2 fully saturated rings. The highest BCUT2D eigenvalue weighted by Crippen LogP contribution is 2.18. The van der Waals surface area contributed by atoms with Gasteiger partial charge < -0.3 is 9.47 Å². The van der Waals surface area contributed by atoms with Crippen LogP contribution in [0.5, 0.6) is 0 Å². The normalized spacial score (nSPS) is 21.1. The van der Waals surface area contributed by atoms with Gasteiger partial charge in [-0.1, -0.05) is 29.7 Å². The van der Waals surface area contributed by atoms with Gasteiger partial charge in [0.1, 0.15) is 0 Å². The Morgan fingerprint density at radius 1 is 0.864 bits per heavy atom. The average molecular weight is 316 g/mol. The van der Waals surface area contributed by atoms with Crippen molar-refractivity contribution in [1.82, 2.24) is 9.13 Å². The molecule has 0 aromatic heterocycles. The molecule has 2 saturated heterocycles. The van der Waals surface area contributed by atoms with E-state index in [0.29, 0.717) is 0 Å². The van der Waals surface area contributed by atoms with E-state index in [1.54, 1.807) is 0 Å². The maximum Gasteiger partial charge on any atom is 0.286 e. The molecule has 0 radical (unpaired) electrons. The third-order valence-electron chi connectivity index (χ3n) is 4.47. The topological polar surface area (TPSA) is 24.9 Å². The summed E-state index contributed by atoms with van der Waals surface area (Å²) in [6.45, 7) is 9.61. The predicted molar refractivity (Wildman–Crippen MR) is 89.7 cm³/mol. The van der Waals surface area contributed by atoms with Crippen molar-refractivity contribution in [2.24, 2.45) is 0 Å². The molecule has 0 saturated carbocycles. The Bertz CT molecular complexity index is 511. The third kappa shape index (κ3) is 3.59. The van der Waals surface area contributed by atoms with E-state index in [4.69, 9.17) is 9.47 Å². The summed E-state index contributed by atoms with van der Waals surface area (Å²) in [6, 6.07) is 10.3. The van der Waals surface area contributed by atoms with Gasteiger partial charge in [0.15, 0.2) is 0 Å². The van der Waals surface area contributed by atoms with Gasteiger partial charge in [-0.05, 0) is 18.7 Å². The standard InChI is InChI=1S/C17H24N2O2Si/c1-22(18-8-12-20-13-9-18,19-10-14-21-15-11-19)16-7-17-5-3-2-4-6-17/h2-6H,8-15H2,1H3. The fourth-order valence-electron chi connectivity index (χ4n) is 3.07. The molecule has 2 aliphatic rings. The minimum Gasteiger partial charge on any atom is -0.379 e. The molecule has 1 aromatic rings. The van der Waals surface area contributed by atoms with Gasteiger partial charge in [0.2, 0.25) is 0 Å². The van der Waals surface area contributed by atoms with Crippen molar-refractivity contribution in [3.63, 3.8) is 0 Å². The number of ether oxygens (including phenoxy) is 2. The van der Waals surface area contributed by atoms with Crippen LogP contribution in [0.15, 0.2) is 30.3 Å². The second kappa shape index (κ2) is 7.40. The lowest BCUT2D eigenvalue weighted by molar-refractivity contribution is 0.0466. The largest absolute Gasteiger partial charge is 0.379 e. The first-order chi connectivity index (χ1) is 10.8. The summed E-state index contributed by atoms with van der Waals surface area (Å²) in [5, 5.41) is 0. The van der Waals surface area contributed by atoms with Gasteiger partial charge in [0, 0.05) is 31.7 Å². The van der Waals surface area contributed by atoms with Gasteiger partial charge >= 0.3 is 0 Å². The zero-order valence-electron chi connectivity index (χ0n) is 13.3. The SMILES string of the molecule is C[Si](C#Cc1ccccc1)(N1CCOCC1)N1CCOCC1. The highest BCUT2D eigenvalue weighted by Gasteiger charge is 2.41. The summed E-state index contributed by atoms with van der Waals surface area (Å²) in [7, 11) is -1.98. The van der Waals surface area contributed by atoms with E-state index < -0.39 is 8.40 Å². The Morgan fingerprint density at radius 2 is 1.36 bits per heavy atom. The molecule has 0 amide bonds. The van der Waals surface area contributed by atoms with Crippen LogP contribution in [-0.2, 0) is 9.47 Å². The van der Waals surface area contributed by atoms with E-state index >= 15 is 0 Å². The predicted octanol–water partition coefficient (Wildman–Crippen LogP) is 1.31. The van der Waals surface area contributed by atoms with E-state index in [2.05, 4.69) is 39.3 Å². The van der Waals surface area contributed by atoms with E-state index in [1.165, 1.54) is 0 Å². The number of rotatable bonds is 2. The van der Waals surface area contributed by atoms with Crippen LogP contribution < -0.4 is 0 Å². The van der Waals surface area contributed by atoms with Crippen LogP contribution in [0.2, 0.25) is 6.55 Å². The van der Waals surface area contributed by atoms with Crippen molar-refractivity contribution in [3.05, 3.63) is 35.9 Å². The van der Waals surface area contributed by atoms with E-state index in [9.17, 15) is 0 Å². The lowest BCUT2D eigenvalue weighted by atomic mass is 10.2. The summed E-state index contributed by atoms with van der Waals surface area (Å²) in [4.78, 5) is 0. The summed E-state index contributed by atoms with van der Waals surface area (Å²) in [5.41, 5.74) is 4.78. The number of nitrogens with zero attached hydrogens (tertiary/aromatic N) is 2. The van der Waals surface area contributed by atoms with Crippen molar-refractivity contribution in [1.29, 1.82) is 0 Å². The fourth-order valence-corrected chi connectivity index (χ4v) is 6.27. The van der Waals surface area contributed by atoms with Crippen molar-refractivity contribution in [2.45, 2.75) is 6.55 Å². The van der Waals surface area contributed by atoms with Crippen LogP contribution in [0.1, 0.15) is 5.56 Å². The Morgan fingerprint density at radius 3 is 1.86 bits per heavy atom. The van der Waals surface area contributed by atoms with Gasteiger partial charge in [-0.15, -0.1) is 0 Å². The Hall–Kier alpha value is -1.16. The van der Waals surface area contributed by atoms with Crippen molar-refractivity contribution in [2.75, 3.05) is 52.6 Å². The molecule has 5 heteroatoms. The number of hydrogen-bond acceptors (Lipinski definition) is 4. The first-order valence-electron chi connectivity index (χ1n) is 8.03. The Balaban J connectivity index is 1.86. The molecule has 3 rings (SSSR count). The number of benzene rings is 1. The van der Waals surface area contributed by atoms with Gasteiger partial charge in [-0.25, -0.2) is 0 Å². The van der Waals surface area contributed by atoms with Crippen LogP contribution in [0.3, 0.4) is 0 Å². The number of hydrogen-bond donors (Lipinski definition) is 0. The highest BCUT2D eigenvalue weighted by molar-refractivity contribution is 6.81. The van der Waals surface area contributed by atoms with Crippen LogP contribution in [0.25, 0.3) is 0 Å². The number of morpholine rings is 2.